The van der Waals surface area contributed by atoms with Gasteiger partial charge in [-0.05, 0) is 55.5 Å². The van der Waals surface area contributed by atoms with Gasteiger partial charge in [-0.15, -0.1) is 0 Å². The van der Waals surface area contributed by atoms with E-state index in [0.29, 0.717) is 5.69 Å². The molecule has 2 N–H and O–H groups in total. The van der Waals surface area contributed by atoms with Crippen molar-refractivity contribution >= 4 is 35.3 Å². The second-order valence-corrected chi connectivity index (χ2v) is 6.47. The molecule has 1 aromatic heterocycles. The molecule has 0 fully saturated rings. The summed E-state index contributed by atoms with van der Waals surface area (Å²) in [7, 11) is 0. The lowest BCUT2D eigenvalue weighted by Crippen LogP contribution is -2.16. The molecule has 5 nitrogen and oxygen atoms in total. The molecule has 0 unspecified atom stereocenters. The lowest BCUT2D eigenvalue weighted by Gasteiger charge is -2.12. The van der Waals surface area contributed by atoms with Crippen molar-refractivity contribution in [1.29, 1.82) is 0 Å². The van der Waals surface area contributed by atoms with E-state index in [9.17, 15) is 14.3 Å². The first-order valence-electron chi connectivity index (χ1n) is 8.16. The van der Waals surface area contributed by atoms with Gasteiger partial charge in [-0.3, -0.25) is 19.3 Å². The molecule has 2 heterocycles. The molecule has 0 spiro atoms. The number of rotatable bonds is 2. The van der Waals surface area contributed by atoms with Crippen molar-refractivity contribution in [3.8, 4) is 11.6 Å². The molecule has 0 saturated carbocycles. The molecule has 0 amide bonds. The average molecular weight is 379 g/mol. The van der Waals surface area contributed by atoms with E-state index in [4.69, 9.17) is 12.2 Å². The van der Waals surface area contributed by atoms with Gasteiger partial charge >= 0.3 is 0 Å². The minimum absolute atomic E-state index is 0.0171. The molecule has 3 aromatic rings. The molecule has 0 aliphatic carbocycles. The maximum atomic E-state index is 13.2. The van der Waals surface area contributed by atoms with E-state index in [0.717, 1.165) is 22.5 Å². The zero-order chi connectivity index (χ0) is 19.1. The fourth-order valence-corrected chi connectivity index (χ4v) is 3.34. The number of fused-ring (bicyclic) bond motifs is 1. The van der Waals surface area contributed by atoms with Crippen LogP contribution in [0.5, 0.6) is 5.88 Å². The summed E-state index contributed by atoms with van der Waals surface area (Å²) in [6, 6.07) is 13.0. The minimum Gasteiger partial charge on any atom is -0.494 e. The van der Waals surface area contributed by atoms with Gasteiger partial charge in [0.05, 0.1) is 11.4 Å². The van der Waals surface area contributed by atoms with Crippen molar-refractivity contribution in [2.24, 2.45) is 4.99 Å². The molecule has 2 aromatic carbocycles. The Labute approximate surface area is 158 Å². The average Bonchev–Trinajstić information content (AvgIpc) is 2.95. The predicted molar refractivity (Wildman–Crippen MR) is 106 cm³/mol. The summed E-state index contributed by atoms with van der Waals surface area (Å²) < 4.78 is 14.5. The Morgan fingerprint density at radius 2 is 1.89 bits per heavy atom. The number of aromatic amines is 1. The van der Waals surface area contributed by atoms with Crippen LogP contribution < -0.4 is 5.56 Å². The Morgan fingerprint density at radius 3 is 2.63 bits per heavy atom. The van der Waals surface area contributed by atoms with Crippen LogP contribution in [0.2, 0.25) is 0 Å². The molecular formula is C20H14FN3O2S. The van der Waals surface area contributed by atoms with E-state index in [1.807, 2.05) is 31.2 Å². The third-order valence-electron chi connectivity index (χ3n) is 4.37. The number of aliphatic imine (C=N–C) groups is 1. The summed E-state index contributed by atoms with van der Waals surface area (Å²) in [5, 5.41) is 10.8. The zero-order valence-electron chi connectivity index (χ0n) is 14.2. The van der Waals surface area contributed by atoms with Gasteiger partial charge in [0.1, 0.15) is 11.4 Å². The highest BCUT2D eigenvalue weighted by atomic mass is 32.1. The number of nitrogens with zero attached hydrogens (tertiary/aromatic N) is 2. The number of halogens is 1. The molecule has 134 valence electrons. The van der Waals surface area contributed by atoms with Crippen LogP contribution in [0.3, 0.4) is 0 Å². The van der Waals surface area contributed by atoms with Crippen LogP contribution in [-0.4, -0.2) is 20.4 Å². The fourth-order valence-electron chi connectivity index (χ4n) is 3.06. The number of para-hydroxylation sites is 1. The summed E-state index contributed by atoms with van der Waals surface area (Å²) in [6.07, 6.45) is 1.59. The van der Waals surface area contributed by atoms with Crippen molar-refractivity contribution in [1.82, 2.24) is 9.55 Å². The second kappa shape index (κ2) is 6.44. The van der Waals surface area contributed by atoms with Crippen LogP contribution in [0.1, 0.15) is 18.1 Å². The van der Waals surface area contributed by atoms with E-state index < -0.39 is 11.4 Å². The van der Waals surface area contributed by atoms with Gasteiger partial charge in [0.2, 0.25) is 5.88 Å². The fraction of sp³-hybridized carbons (Fsp3) is 0.0500. The van der Waals surface area contributed by atoms with Crippen molar-refractivity contribution in [2.75, 3.05) is 0 Å². The van der Waals surface area contributed by atoms with Crippen LogP contribution >= 0.6 is 12.2 Å². The number of benzene rings is 2. The highest BCUT2D eigenvalue weighted by molar-refractivity contribution is 7.71. The molecule has 0 atom stereocenters. The molecule has 7 heteroatoms. The summed E-state index contributed by atoms with van der Waals surface area (Å²) in [5.74, 6) is -0.731. The molecule has 1 aliphatic rings. The summed E-state index contributed by atoms with van der Waals surface area (Å²) in [4.78, 5) is 19.5. The van der Waals surface area contributed by atoms with Crippen LogP contribution in [0.15, 0.2) is 58.3 Å². The minimum atomic E-state index is -0.513. The largest absolute Gasteiger partial charge is 0.494 e. The Hall–Kier alpha value is -3.32. The lowest BCUT2D eigenvalue weighted by atomic mass is 10.0. The number of hydrogen-bond acceptors (Lipinski definition) is 4. The summed E-state index contributed by atoms with van der Waals surface area (Å²) in [6.45, 7) is 1.84. The van der Waals surface area contributed by atoms with Gasteiger partial charge in [0.15, 0.2) is 4.77 Å². The normalized spacial score (nSPS) is 14.3. The van der Waals surface area contributed by atoms with Crippen molar-refractivity contribution in [3.05, 3.63) is 80.6 Å². The Morgan fingerprint density at radius 1 is 1.19 bits per heavy atom. The van der Waals surface area contributed by atoms with E-state index in [-0.39, 0.29) is 16.2 Å². The van der Waals surface area contributed by atoms with E-state index in [1.54, 1.807) is 6.08 Å². The first kappa shape index (κ1) is 17.1. The standard InChI is InChI=1S/C20H14FN3O2S/c1-11-15(14-4-2-3-5-17(14)22-11)10-16-18(25)23-20(27)24(19(16)26)13-8-6-12(21)7-9-13/h2-10,26H,1H3,(H,23,25,27)/b15-10+. The third-order valence-corrected chi connectivity index (χ3v) is 4.65. The molecule has 0 radical (unpaired) electrons. The van der Waals surface area contributed by atoms with E-state index in [2.05, 4.69) is 9.98 Å². The van der Waals surface area contributed by atoms with Gasteiger partial charge < -0.3 is 5.11 Å². The molecular weight excluding hydrogens is 365 g/mol. The van der Waals surface area contributed by atoms with Crippen LogP contribution in [-0.2, 0) is 0 Å². The third kappa shape index (κ3) is 2.92. The smallest absolute Gasteiger partial charge is 0.262 e. The molecule has 27 heavy (non-hydrogen) atoms. The number of aromatic nitrogens is 2. The van der Waals surface area contributed by atoms with Gasteiger partial charge in [-0.2, -0.15) is 0 Å². The Balaban J connectivity index is 1.94. The van der Waals surface area contributed by atoms with Gasteiger partial charge in [-0.25, -0.2) is 4.39 Å². The maximum absolute atomic E-state index is 13.2. The van der Waals surface area contributed by atoms with Crippen molar-refractivity contribution < 1.29 is 9.50 Å². The molecule has 1 aliphatic heterocycles. The van der Waals surface area contributed by atoms with Crippen LogP contribution in [0, 0.1) is 10.6 Å². The zero-order valence-corrected chi connectivity index (χ0v) is 15.0. The van der Waals surface area contributed by atoms with Crippen LogP contribution in [0.4, 0.5) is 10.1 Å². The number of aromatic hydroxyl groups is 1. The monoisotopic (exact) mass is 379 g/mol. The predicted octanol–water partition coefficient (Wildman–Crippen LogP) is 4.39. The van der Waals surface area contributed by atoms with Gasteiger partial charge in [-0.1, -0.05) is 18.2 Å². The first-order chi connectivity index (χ1) is 13.0. The van der Waals surface area contributed by atoms with E-state index >= 15 is 0 Å². The SMILES string of the molecule is CC1=Nc2ccccc2/C1=C/c1c(O)n(-c2ccc(F)cc2)c(=S)[nH]c1=O. The summed E-state index contributed by atoms with van der Waals surface area (Å²) >= 11 is 5.18. The first-order valence-corrected chi connectivity index (χ1v) is 8.57. The molecule has 4 rings (SSSR count). The highest BCUT2D eigenvalue weighted by Gasteiger charge is 2.20. The lowest BCUT2D eigenvalue weighted by molar-refractivity contribution is 0.432. The van der Waals surface area contributed by atoms with Gasteiger partial charge in [0, 0.05) is 16.8 Å². The molecule has 0 bridgehead atoms. The van der Waals surface area contributed by atoms with Crippen molar-refractivity contribution in [2.45, 2.75) is 6.92 Å². The molecule has 0 saturated heterocycles. The number of allylic oxidation sites excluding steroid dienone is 1. The van der Waals surface area contributed by atoms with Crippen LogP contribution in [0.25, 0.3) is 17.3 Å². The Bertz CT molecular complexity index is 1240. The van der Waals surface area contributed by atoms with Crippen molar-refractivity contribution in [3.63, 3.8) is 0 Å². The number of H-pyrrole nitrogens is 1. The highest BCUT2D eigenvalue weighted by Crippen LogP contribution is 2.36. The second-order valence-electron chi connectivity index (χ2n) is 6.08. The van der Waals surface area contributed by atoms with Gasteiger partial charge in [0.25, 0.3) is 5.56 Å². The number of hydrogen-bond donors (Lipinski definition) is 2. The maximum Gasteiger partial charge on any atom is 0.262 e. The summed E-state index contributed by atoms with van der Waals surface area (Å²) in [5.41, 5.74) is 3.15. The quantitative estimate of drug-likeness (QED) is 0.649. The number of nitrogens with one attached hydrogen (secondary N) is 1. The Kier molecular flexibility index (Phi) is 4.08. The van der Waals surface area contributed by atoms with E-state index in [1.165, 1.54) is 28.8 Å². The topological polar surface area (TPSA) is 70.4 Å².